The second-order valence-corrected chi connectivity index (χ2v) is 5.59. The van der Waals surface area contributed by atoms with E-state index in [2.05, 4.69) is 49.1 Å². The van der Waals surface area contributed by atoms with Gasteiger partial charge in [-0.25, -0.2) is 0 Å². The van der Waals surface area contributed by atoms with E-state index in [1.807, 2.05) is 0 Å². The Kier molecular flexibility index (Phi) is 5.21. The van der Waals surface area contributed by atoms with E-state index < -0.39 is 0 Å². The van der Waals surface area contributed by atoms with Crippen LogP contribution in [0.15, 0.2) is 30.3 Å². The predicted octanol–water partition coefficient (Wildman–Crippen LogP) is 3.32. The molecule has 0 spiro atoms. The molecule has 2 rings (SSSR count). The molecular formula is C16H25NO. The highest BCUT2D eigenvalue weighted by molar-refractivity contribution is 5.14. The molecule has 1 aromatic rings. The number of rotatable bonds is 5. The molecule has 1 heterocycles. The van der Waals surface area contributed by atoms with E-state index in [4.69, 9.17) is 4.74 Å². The van der Waals surface area contributed by atoms with E-state index in [1.54, 1.807) is 0 Å². The summed E-state index contributed by atoms with van der Waals surface area (Å²) in [4.78, 5) is 2.56. The first-order valence-electron chi connectivity index (χ1n) is 7.12. The van der Waals surface area contributed by atoms with E-state index in [0.29, 0.717) is 6.10 Å². The predicted molar refractivity (Wildman–Crippen MR) is 75.5 cm³/mol. The van der Waals surface area contributed by atoms with Gasteiger partial charge in [-0.05, 0) is 51.3 Å². The van der Waals surface area contributed by atoms with E-state index in [-0.39, 0.29) is 0 Å². The molecular weight excluding hydrogens is 222 g/mol. The number of hydrogen-bond donors (Lipinski definition) is 0. The Labute approximate surface area is 111 Å². The summed E-state index contributed by atoms with van der Waals surface area (Å²) in [6, 6.07) is 10.8. The normalized spacial score (nSPS) is 18.4. The summed E-state index contributed by atoms with van der Waals surface area (Å²) >= 11 is 0. The van der Waals surface area contributed by atoms with E-state index in [1.165, 1.54) is 31.5 Å². The number of ether oxygens (including phenoxy) is 1. The first-order chi connectivity index (χ1) is 8.74. The maximum Gasteiger partial charge on any atom is 0.0519 e. The molecule has 2 heteroatoms. The monoisotopic (exact) mass is 247 g/mol. The minimum Gasteiger partial charge on any atom is -0.379 e. The summed E-state index contributed by atoms with van der Waals surface area (Å²) in [5.41, 5.74) is 1.43. The van der Waals surface area contributed by atoms with Crippen LogP contribution in [0.3, 0.4) is 0 Å². The van der Waals surface area contributed by atoms with Crippen LogP contribution >= 0.6 is 0 Å². The third kappa shape index (κ3) is 4.43. The fourth-order valence-corrected chi connectivity index (χ4v) is 2.48. The van der Waals surface area contributed by atoms with Crippen molar-refractivity contribution in [2.45, 2.75) is 39.3 Å². The van der Waals surface area contributed by atoms with Gasteiger partial charge in [0.15, 0.2) is 0 Å². The van der Waals surface area contributed by atoms with Crippen molar-refractivity contribution in [2.24, 2.45) is 5.92 Å². The summed E-state index contributed by atoms with van der Waals surface area (Å²) in [6.07, 6.45) is 2.92. The van der Waals surface area contributed by atoms with Gasteiger partial charge < -0.3 is 4.74 Å². The molecule has 1 aliphatic rings. The van der Waals surface area contributed by atoms with Crippen molar-refractivity contribution in [3.8, 4) is 0 Å². The van der Waals surface area contributed by atoms with Crippen molar-refractivity contribution >= 4 is 0 Å². The summed E-state index contributed by atoms with van der Waals surface area (Å²) in [7, 11) is 0. The number of benzene rings is 1. The Bertz CT molecular complexity index is 328. The van der Waals surface area contributed by atoms with Crippen LogP contribution in [0, 0.1) is 5.92 Å². The molecule has 18 heavy (non-hydrogen) atoms. The van der Waals surface area contributed by atoms with Gasteiger partial charge in [0, 0.05) is 13.2 Å². The maximum absolute atomic E-state index is 5.72. The first-order valence-corrected chi connectivity index (χ1v) is 7.12. The molecule has 0 N–H and O–H groups in total. The van der Waals surface area contributed by atoms with Gasteiger partial charge in [0.2, 0.25) is 0 Å². The lowest BCUT2D eigenvalue weighted by molar-refractivity contribution is 0.0296. The second-order valence-electron chi connectivity index (χ2n) is 5.59. The van der Waals surface area contributed by atoms with Crippen molar-refractivity contribution in [2.75, 3.05) is 19.7 Å². The van der Waals surface area contributed by atoms with Crippen LogP contribution in [0.4, 0.5) is 0 Å². The van der Waals surface area contributed by atoms with Crippen LogP contribution in [0.2, 0.25) is 0 Å². The second kappa shape index (κ2) is 6.91. The van der Waals surface area contributed by atoms with Crippen molar-refractivity contribution < 1.29 is 4.74 Å². The van der Waals surface area contributed by atoms with Crippen LogP contribution in [-0.2, 0) is 11.3 Å². The molecule has 0 amide bonds. The Balaban J connectivity index is 1.70. The highest BCUT2D eigenvalue weighted by atomic mass is 16.5. The SMILES string of the molecule is CC(C)OCC1CCN(Cc2ccccc2)CC1. The molecule has 1 fully saturated rings. The molecule has 0 aliphatic carbocycles. The zero-order valence-electron chi connectivity index (χ0n) is 11.6. The largest absolute Gasteiger partial charge is 0.379 e. The number of piperidine rings is 1. The molecule has 0 unspecified atom stereocenters. The van der Waals surface area contributed by atoms with Gasteiger partial charge in [-0.1, -0.05) is 30.3 Å². The van der Waals surface area contributed by atoms with Gasteiger partial charge in [0.25, 0.3) is 0 Å². The summed E-state index contributed by atoms with van der Waals surface area (Å²) < 4.78 is 5.72. The van der Waals surface area contributed by atoms with Crippen LogP contribution < -0.4 is 0 Å². The zero-order chi connectivity index (χ0) is 12.8. The molecule has 1 saturated heterocycles. The van der Waals surface area contributed by atoms with Gasteiger partial charge in [0.1, 0.15) is 0 Å². The summed E-state index contributed by atoms with van der Waals surface area (Å²) in [6.45, 7) is 8.69. The molecule has 0 bridgehead atoms. The Morgan fingerprint density at radius 1 is 1.17 bits per heavy atom. The molecule has 2 nitrogen and oxygen atoms in total. The first kappa shape index (κ1) is 13.6. The van der Waals surface area contributed by atoms with E-state index in [0.717, 1.165) is 19.1 Å². The van der Waals surface area contributed by atoms with Crippen molar-refractivity contribution in [3.63, 3.8) is 0 Å². The fourth-order valence-electron chi connectivity index (χ4n) is 2.48. The average molecular weight is 247 g/mol. The molecule has 0 aromatic heterocycles. The summed E-state index contributed by atoms with van der Waals surface area (Å²) in [5, 5.41) is 0. The van der Waals surface area contributed by atoms with Crippen molar-refractivity contribution in [1.82, 2.24) is 4.90 Å². The van der Waals surface area contributed by atoms with Gasteiger partial charge in [-0.2, -0.15) is 0 Å². The minimum absolute atomic E-state index is 0.368. The van der Waals surface area contributed by atoms with Crippen LogP contribution in [0.1, 0.15) is 32.3 Å². The highest BCUT2D eigenvalue weighted by Gasteiger charge is 2.19. The zero-order valence-corrected chi connectivity index (χ0v) is 11.6. The Morgan fingerprint density at radius 3 is 2.44 bits per heavy atom. The molecule has 1 aliphatic heterocycles. The van der Waals surface area contributed by atoms with E-state index in [9.17, 15) is 0 Å². The Hall–Kier alpha value is -0.860. The topological polar surface area (TPSA) is 12.5 Å². The lowest BCUT2D eigenvalue weighted by atomic mass is 9.97. The van der Waals surface area contributed by atoms with Crippen molar-refractivity contribution in [3.05, 3.63) is 35.9 Å². The van der Waals surface area contributed by atoms with Gasteiger partial charge in [0.05, 0.1) is 6.10 Å². The number of likely N-dealkylation sites (tertiary alicyclic amines) is 1. The smallest absolute Gasteiger partial charge is 0.0519 e. The molecule has 1 aromatic carbocycles. The van der Waals surface area contributed by atoms with Gasteiger partial charge >= 0.3 is 0 Å². The number of nitrogens with zero attached hydrogens (tertiary/aromatic N) is 1. The number of hydrogen-bond acceptors (Lipinski definition) is 2. The van der Waals surface area contributed by atoms with Crippen LogP contribution in [0.25, 0.3) is 0 Å². The van der Waals surface area contributed by atoms with E-state index >= 15 is 0 Å². The third-order valence-electron chi connectivity index (χ3n) is 3.62. The van der Waals surface area contributed by atoms with Gasteiger partial charge in [-0.3, -0.25) is 4.90 Å². The Morgan fingerprint density at radius 2 is 1.83 bits per heavy atom. The lowest BCUT2D eigenvalue weighted by Crippen LogP contribution is -2.34. The fraction of sp³-hybridized carbons (Fsp3) is 0.625. The highest BCUT2D eigenvalue weighted by Crippen LogP contribution is 2.19. The lowest BCUT2D eigenvalue weighted by Gasteiger charge is -2.32. The molecule has 0 saturated carbocycles. The standard InChI is InChI=1S/C16H25NO/c1-14(2)18-13-16-8-10-17(11-9-16)12-15-6-4-3-5-7-15/h3-7,14,16H,8-13H2,1-2H3. The average Bonchev–Trinajstić information content (AvgIpc) is 2.39. The van der Waals surface area contributed by atoms with Crippen LogP contribution in [0.5, 0.6) is 0 Å². The molecule has 0 radical (unpaired) electrons. The minimum atomic E-state index is 0.368. The summed E-state index contributed by atoms with van der Waals surface area (Å²) in [5.74, 6) is 0.763. The van der Waals surface area contributed by atoms with Crippen LogP contribution in [-0.4, -0.2) is 30.7 Å². The molecule has 100 valence electrons. The quantitative estimate of drug-likeness (QED) is 0.791. The maximum atomic E-state index is 5.72. The third-order valence-corrected chi connectivity index (χ3v) is 3.62. The molecule has 0 atom stereocenters. The van der Waals surface area contributed by atoms with Crippen molar-refractivity contribution in [1.29, 1.82) is 0 Å². The van der Waals surface area contributed by atoms with Gasteiger partial charge in [-0.15, -0.1) is 0 Å².